The quantitative estimate of drug-likeness (QED) is 0.295. The van der Waals surface area contributed by atoms with Crippen LogP contribution in [0.25, 0.3) is 11.4 Å². The lowest BCUT2D eigenvalue weighted by atomic mass is 10.1. The normalized spacial score (nSPS) is 14.8. The van der Waals surface area contributed by atoms with Gasteiger partial charge in [0.05, 0.1) is 24.3 Å². The van der Waals surface area contributed by atoms with Gasteiger partial charge in [0.2, 0.25) is 0 Å². The fraction of sp³-hybridized carbons (Fsp3) is 0.393. The van der Waals surface area contributed by atoms with Crippen LogP contribution in [-0.4, -0.2) is 49.0 Å². The number of nitrogens with one attached hydrogen (secondary N) is 1. The van der Waals surface area contributed by atoms with Crippen LogP contribution in [0, 0.1) is 12.7 Å². The number of carboxylic acids is 1. The third kappa shape index (κ3) is 6.81. The summed E-state index contributed by atoms with van der Waals surface area (Å²) in [6.07, 6.45) is -0.568. The molecule has 0 bridgehead atoms. The largest absolute Gasteiger partial charge is 0.481 e. The van der Waals surface area contributed by atoms with E-state index in [4.69, 9.17) is 10.1 Å². The lowest BCUT2D eigenvalue weighted by Gasteiger charge is -2.17. The molecular formula is C28H32FN3O5. The summed E-state index contributed by atoms with van der Waals surface area (Å²) in [5.74, 6) is -1.17. The van der Waals surface area contributed by atoms with Crippen LogP contribution < -0.4 is 5.32 Å². The highest BCUT2D eigenvalue weighted by atomic mass is 19.1. The van der Waals surface area contributed by atoms with Crippen molar-refractivity contribution >= 4 is 11.9 Å². The Morgan fingerprint density at radius 2 is 1.81 bits per heavy atom. The molecule has 9 heteroatoms. The first-order valence-corrected chi connectivity index (χ1v) is 12.5. The van der Waals surface area contributed by atoms with Gasteiger partial charge in [-0.3, -0.25) is 9.59 Å². The van der Waals surface area contributed by atoms with Crippen molar-refractivity contribution < 1.29 is 29.3 Å². The number of aliphatic hydroxyl groups is 2. The van der Waals surface area contributed by atoms with Crippen LogP contribution in [-0.2, 0) is 17.9 Å². The molecular weight excluding hydrogens is 477 g/mol. The average Bonchev–Trinajstić information content (AvgIpc) is 3.62. The van der Waals surface area contributed by atoms with Gasteiger partial charge in [0.25, 0.3) is 5.91 Å². The Balaban J connectivity index is 1.61. The first kappa shape index (κ1) is 26.5. The van der Waals surface area contributed by atoms with Crippen molar-refractivity contribution in [1.82, 2.24) is 14.9 Å². The van der Waals surface area contributed by atoms with Crippen molar-refractivity contribution in [3.63, 3.8) is 0 Å². The lowest BCUT2D eigenvalue weighted by molar-refractivity contribution is -0.139. The number of rotatable bonds is 12. The number of halogens is 1. The number of hydrogen-bond acceptors (Lipinski definition) is 5. The van der Waals surface area contributed by atoms with Crippen LogP contribution in [0.4, 0.5) is 4.39 Å². The molecule has 0 radical (unpaired) electrons. The van der Waals surface area contributed by atoms with E-state index in [-0.39, 0.29) is 30.5 Å². The Bertz CT molecular complexity index is 1250. The summed E-state index contributed by atoms with van der Waals surface area (Å²) in [5.41, 5.74) is 3.81. The first-order valence-electron chi connectivity index (χ1n) is 12.5. The molecule has 0 spiro atoms. The molecule has 4 N–H and O–H groups in total. The summed E-state index contributed by atoms with van der Waals surface area (Å²) in [6, 6.07) is 13.7. The van der Waals surface area contributed by atoms with Crippen LogP contribution in [0.3, 0.4) is 0 Å². The summed E-state index contributed by atoms with van der Waals surface area (Å²) in [6.45, 7) is 2.64. The van der Waals surface area contributed by atoms with Gasteiger partial charge in [0.15, 0.2) is 0 Å². The van der Waals surface area contributed by atoms with E-state index in [0.717, 1.165) is 29.7 Å². The molecule has 1 amide bonds. The van der Waals surface area contributed by atoms with E-state index in [9.17, 15) is 24.2 Å². The van der Waals surface area contributed by atoms with Gasteiger partial charge in [-0.05, 0) is 68.0 Å². The minimum Gasteiger partial charge on any atom is -0.481 e. The zero-order valence-electron chi connectivity index (χ0n) is 20.7. The Hall–Kier alpha value is -3.56. The zero-order chi connectivity index (χ0) is 26.5. The van der Waals surface area contributed by atoms with Gasteiger partial charge in [-0.1, -0.05) is 24.3 Å². The number of benzene rings is 2. The Labute approximate surface area is 214 Å². The van der Waals surface area contributed by atoms with E-state index in [1.165, 1.54) is 12.1 Å². The molecule has 1 fully saturated rings. The molecule has 0 saturated heterocycles. The summed E-state index contributed by atoms with van der Waals surface area (Å²) in [4.78, 5) is 28.9. The van der Waals surface area contributed by atoms with Crippen molar-refractivity contribution in [2.45, 2.75) is 70.2 Å². The third-order valence-electron chi connectivity index (χ3n) is 6.63. The molecule has 0 unspecified atom stereocenters. The molecule has 3 aromatic rings. The number of carbonyl (C=O) groups is 2. The number of carboxylic acid groups (broad SMARTS) is 1. The first-order chi connectivity index (χ1) is 17.7. The van der Waals surface area contributed by atoms with Gasteiger partial charge in [0, 0.05) is 24.6 Å². The number of carbonyl (C=O) groups excluding carboxylic acids is 1. The maximum Gasteiger partial charge on any atom is 0.305 e. The van der Waals surface area contributed by atoms with Crippen LogP contribution in [0.2, 0.25) is 0 Å². The van der Waals surface area contributed by atoms with Crippen LogP contribution in [0.5, 0.6) is 0 Å². The molecule has 1 aliphatic carbocycles. The Kier molecular flexibility index (Phi) is 8.35. The standard InChI is InChI=1S/C28H32FN3O5/c1-17-4-2-3-5-20(17)16-30-28(37)25-26(18-6-7-18)32(13-12-22(33)14-23(34)15-24(35)36)27(31-25)19-8-10-21(29)11-9-19/h2-5,8-11,18,22-23,33-34H,6-7,12-16H2,1H3,(H,30,37)(H,35,36)/t22-,23-/m1/s1. The summed E-state index contributed by atoms with van der Waals surface area (Å²) < 4.78 is 15.5. The van der Waals surface area contributed by atoms with Crippen molar-refractivity contribution in [3.8, 4) is 11.4 Å². The van der Waals surface area contributed by atoms with Crippen LogP contribution in [0.1, 0.15) is 65.3 Å². The molecule has 0 aliphatic heterocycles. The number of imidazole rings is 1. The molecule has 1 aliphatic rings. The number of nitrogens with zero attached hydrogens (tertiary/aromatic N) is 2. The molecule has 37 heavy (non-hydrogen) atoms. The average molecular weight is 510 g/mol. The number of aromatic nitrogens is 2. The van der Waals surface area contributed by atoms with E-state index < -0.39 is 24.6 Å². The second-order valence-corrected chi connectivity index (χ2v) is 9.64. The van der Waals surface area contributed by atoms with E-state index in [1.807, 2.05) is 35.8 Å². The fourth-order valence-electron chi connectivity index (χ4n) is 4.51. The van der Waals surface area contributed by atoms with Crippen LogP contribution >= 0.6 is 0 Å². The molecule has 2 atom stereocenters. The minimum atomic E-state index is -1.16. The third-order valence-corrected chi connectivity index (χ3v) is 6.63. The second-order valence-electron chi connectivity index (χ2n) is 9.64. The van der Waals surface area contributed by atoms with Gasteiger partial charge in [-0.25, -0.2) is 9.37 Å². The molecule has 1 aromatic heterocycles. The maximum atomic E-state index is 13.6. The van der Waals surface area contributed by atoms with Gasteiger partial charge < -0.3 is 25.2 Å². The van der Waals surface area contributed by atoms with Gasteiger partial charge in [-0.15, -0.1) is 0 Å². The summed E-state index contributed by atoms with van der Waals surface area (Å²) >= 11 is 0. The molecule has 1 heterocycles. The predicted molar refractivity (Wildman–Crippen MR) is 135 cm³/mol. The molecule has 196 valence electrons. The number of amides is 1. The van der Waals surface area contributed by atoms with Gasteiger partial charge >= 0.3 is 5.97 Å². The van der Waals surface area contributed by atoms with Crippen molar-refractivity contribution in [1.29, 1.82) is 0 Å². The minimum absolute atomic E-state index is 0.0740. The zero-order valence-corrected chi connectivity index (χ0v) is 20.7. The van der Waals surface area contributed by atoms with Gasteiger partial charge in [0.1, 0.15) is 17.3 Å². The highest BCUT2D eigenvalue weighted by Crippen LogP contribution is 2.43. The van der Waals surface area contributed by atoms with Crippen molar-refractivity contribution in [3.05, 3.63) is 76.9 Å². The molecule has 8 nitrogen and oxygen atoms in total. The van der Waals surface area contributed by atoms with Crippen LogP contribution in [0.15, 0.2) is 48.5 Å². The highest BCUT2D eigenvalue weighted by molar-refractivity contribution is 5.94. The second kappa shape index (κ2) is 11.7. The lowest BCUT2D eigenvalue weighted by Crippen LogP contribution is -2.25. The fourth-order valence-corrected chi connectivity index (χ4v) is 4.51. The number of aliphatic hydroxyl groups excluding tert-OH is 2. The van der Waals surface area contributed by atoms with Crippen molar-refractivity contribution in [2.24, 2.45) is 0 Å². The molecule has 4 rings (SSSR count). The summed E-state index contributed by atoms with van der Waals surface area (Å²) in [5, 5.41) is 32.2. The monoisotopic (exact) mass is 509 g/mol. The smallest absolute Gasteiger partial charge is 0.305 e. The van der Waals surface area contributed by atoms with Crippen molar-refractivity contribution in [2.75, 3.05) is 0 Å². The van der Waals surface area contributed by atoms with E-state index in [2.05, 4.69) is 5.32 Å². The maximum absolute atomic E-state index is 13.6. The topological polar surface area (TPSA) is 125 Å². The SMILES string of the molecule is Cc1ccccc1CNC(=O)c1nc(-c2ccc(F)cc2)n(CC[C@@H](O)C[C@@H](O)CC(=O)O)c1C1CC1. The predicted octanol–water partition coefficient (Wildman–Crippen LogP) is 3.78. The Morgan fingerprint density at radius 1 is 1.11 bits per heavy atom. The summed E-state index contributed by atoms with van der Waals surface area (Å²) in [7, 11) is 0. The number of hydrogen-bond donors (Lipinski definition) is 4. The van der Waals surface area contributed by atoms with E-state index >= 15 is 0 Å². The van der Waals surface area contributed by atoms with E-state index in [1.54, 1.807) is 12.1 Å². The van der Waals surface area contributed by atoms with E-state index in [0.29, 0.717) is 30.2 Å². The number of aliphatic carboxylic acids is 1. The molecule has 2 aromatic carbocycles. The molecule has 1 saturated carbocycles. The number of aryl methyl sites for hydroxylation is 1. The van der Waals surface area contributed by atoms with Gasteiger partial charge in [-0.2, -0.15) is 0 Å². The Morgan fingerprint density at radius 3 is 2.46 bits per heavy atom. The highest BCUT2D eigenvalue weighted by Gasteiger charge is 2.35.